The molecule has 0 aromatic rings. The van der Waals surface area contributed by atoms with Crippen LogP contribution in [-0.2, 0) is 0 Å². The molecule has 0 radical (unpaired) electrons. The highest BCUT2D eigenvalue weighted by atomic mass is 28.3. The molecule has 0 aliphatic carbocycles. The lowest BCUT2D eigenvalue weighted by atomic mass is 10.1. The first kappa shape index (κ1) is 28.2. The van der Waals surface area contributed by atoms with Gasteiger partial charge >= 0.3 is 0 Å². The molecule has 1 unspecified atom stereocenters. The van der Waals surface area contributed by atoms with E-state index in [1.807, 2.05) is 0 Å². The predicted octanol–water partition coefficient (Wildman–Crippen LogP) is 10.5. The molecule has 1 atom stereocenters. The van der Waals surface area contributed by atoms with E-state index in [0.717, 1.165) is 5.54 Å². The van der Waals surface area contributed by atoms with Gasteiger partial charge < -0.3 is 0 Å². The van der Waals surface area contributed by atoms with Crippen LogP contribution in [0.15, 0.2) is 0 Å². The van der Waals surface area contributed by atoms with Gasteiger partial charge in [-0.2, -0.15) is 0 Å². The molecule has 0 saturated carbocycles. The topological polar surface area (TPSA) is 0 Å². The Hall–Kier alpha value is 0.217. The van der Waals surface area contributed by atoms with Crippen LogP contribution in [0, 0.1) is 0 Å². The summed E-state index contributed by atoms with van der Waals surface area (Å²) in [6.45, 7) is 9.61. The van der Waals surface area contributed by atoms with Gasteiger partial charge in [0.1, 0.15) is 0 Å². The van der Waals surface area contributed by atoms with Crippen LogP contribution in [0.5, 0.6) is 0 Å². The van der Waals surface area contributed by atoms with Crippen molar-refractivity contribution >= 4 is 8.80 Å². The Morgan fingerprint density at radius 3 is 1.14 bits per heavy atom. The van der Waals surface area contributed by atoms with E-state index >= 15 is 0 Å². The highest BCUT2D eigenvalue weighted by Gasteiger charge is 2.18. The van der Waals surface area contributed by atoms with Crippen molar-refractivity contribution in [3.63, 3.8) is 0 Å². The summed E-state index contributed by atoms with van der Waals surface area (Å²) in [5, 5.41) is 0. The Morgan fingerprint density at radius 2 is 0.750 bits per heavy atom. The number of unbranched alkanes of at least 4 members (excludes halogenated alkanes) is 16. The maximum Gasteiger partial charge on any atom is 0.0396 e. The van der Waals surface area contributed by atoms with Gasteiger partial charge in [0.05, 0.1) is 0 Å². The summed E-state index contributed by atoms with van der Waals surface area (Å²) in [6.07, 6.45) is 29.6. The predicted molar refractivity (Wildman–Crippen MR) is 136 cm³/mol. The first-order valence-corrected chi connectivity index (χ1v) is 16.1. The normalized spacial score (nSPS) is 12.8. The molecule has 0 fully saturated rings. The Balaban J connectivity index is 4.00. The average molecular weight is 411 g/mol. The second kappa shape index (κ2) is 23.5. The van der Waals surface area contributed by atoms with Crippen molar-refractivity contribution in [1.29, 1.82) is 0 Å². The van der Waals surface area contributed by atoms with Gasteiger partial charge in [-0.15, -0.1) is 0 Å². The van der Waals surface area contributed by atoms with Crippen molar-refractivity contribution < 1.29 is 0 Å². The Kier molecular flexibility index (Phi) is 23.7. The van der Waals surface area contributed by atoms with E-state index in [9.17, 15) is 0 Å². The highest BCUT2D eigenvalue weighted by molar-refractivity contribution is 6.60. The molecule has 0 N–H and O–H groups in total. The third-order valence-electron chi connectivity index (χ3n) is 6.92. The van der Waals surface area contributed by atoms with Crippen LogP contribution in [0.1, 0.15) is 156 Å². The molecule has 0 heterocycles. The quantitative estimate of drug-likeness (QED) is 0.116. The van der Waals surface area contributed by atoms with Crippen molar-refractivity contribution in [2.75, 3.05) is 0 Å². The van der Waals surface area contributed by atoms with Gasteiger partial charge in [-0.1, -0.05) is 174 Å². The minimum atomic E-state index is -0.516. The third-order valence-corrected chi connectivity index (χ3v) is 11.2. The largest absolute Gasteiger partial charge is 0.0654 e. The lowest BCUT2D eigenvalue weighted by Crippen LogP contribution is -2.18. The second-order valence-corrected chi connectivity index (χ2v) is 13.6. The summed E-state index contributed by atoms with van der Waals surface area (Å²) in [7, 11) is -0.516. The fraction of sp³-hybridized carbons (Fsp3) is 1.00. The summed E-state index contributed by atoms with van der Waals surface area (Å²) >= 11 is 0. The standard InChI is InChI=1S/C27H58Si/c1-5-8-11-14-16-19-22-25-28(26-23-20-17-15-12-9-6-2)27(4)24-21-18-13-10-7-3/h27-28H,5-26H2,1-4H3. The third kappa shape index (κ3) is 19.5. The maximum absolute atomic E-state index is 2.64. The molecule has 170 valence electrons. The second-order valence-electron chi connectivity index (χ2n) is 9.76. The van der Waals surface area contributed by atoms with E-state index < -0.39 is 8.80 Å². The molecular weight excluding hydrogens is 352 g/mol. The summed E-state index contributed by atoms with van der Waals surface area (Å²) in [4.78, 5) is 0. The van der Waals surface area contributed by atoms with Crippen molar-refractivity contribution in [2.45, 2.75) is 174 Å². The molecule has 1 heteroatoms. The molecule has 0 amide bonds. The van der Waals surface area contributed by atoms with Gasteiger partial charge in [0.25, 0.3) is 0 Å². The van der Waals surface area contributed by atoms with Crippen molar-refractivity contribution in [2.24, 2.45) is 0 Å². The van der Waals surface area contributed by atoms with Crippen LogP contribution in [0.25, 0.3) is 0 Å². The molecule has 0 aliphatic heterocycles. The maximum atomic E-state index is 2.64. The van der Waals surface area contributed by atoms with E-state index in [4.69, 9.17) is 0 Å². The van der Waals surface area contributed by atoms with Gasteiger partial charge in [0.2, 0.25) is 0 Å². The zero-order chi connectivity index (χ0) is 20.7. The van der Waals surface area contributed by atoms with Gasteiger partial charge in [0.15, 0.2) is 0 Å². The minimum Gasteiger partial charge on any atom is -0.0654 e. The van der Waals surface area contributed by atoms with Crippen molar-refractivity contribution in [3.8, 4) is 0 Å². The van der Waals surface area contributed by atoms with E-state index in [0.29, 0.717) is 0 Å². The van der Waals surface area contributed by atoms with Crippen molar-refractivity contribution in [3.05, 3.63) is 0 Å². The average Bonchev–Trinajstić information content (AvgIpc) is 2.70. The zero-order valence-electron chi connectivity index (χ0n) is 20.7. The number of hydrogen-bond donors (Lipinski definition) is 0. The van der Waals surface area contributed by atoms with E-state index in [2.05, 4.69) is 27.7 Å². The number of hydrogen-bond acceptors (Lipinski definition) is 0. The SMILES string of the molecule is CCCCCCCCC[SiH](CCCCCCCCC)C(C)CCCCCCC. The Labute approximate surface area is 182 Å². The van der Waals surface area contributed by atoms with Crippen LogP contribution >= 0.6 is 0 Å². The summed E-state index contributed by atoms with van der Waals surface area (Å²) in [6, 6.07) is 3.31. The van der Waals surface area contributed by atoms with Gasteiger partial charge in [-0.05, 0) is 0 Å². The molecule has 28 heavy (non-hydrogen) atoms. The molecule has 0 nitrogen and oxygen atoms in total. The first-order valence-electron chi connectivity index (χ1n) is 13.8. The van der Waals surface area contributed by atoms with E-state index in [1.54, 1.807) is 31.4 Å². The fourth-order valence-electron chi connectivity index (χ4n) is 4.75. The molecular formula is C27H58Si. The molecule has 0 aromatic heterocycles. The molecule has 0 saturated heterocycles. The number of rotatable bonds is 23. The van der Waals surface area contributed by atoms with Crippen LogP contribution in [0.3, 0.4) is 0 Å². The van der Waals surface area contributed by atoms with Crippen molar-refractivity contribution in [1.82, 2.24) is 0 Å². The minimum absolute atomic E-state index is 0.516. The highest BCUT2D eigenvalue weighted by Crippen LogP contribution is 2.28. The Morgan fingerprint density at radius 1 is 0.429 bits per heavy atom. The fourth-order valence-corrected chi connectivity index (χ4v) is 8.51. The van der Waals surface area contributed by atoms with Gasteiger partial charge in [0, 0.05) is 8.80 Å². The molecule has 0 bridgehead atoms. The molecule has 0 aromatic carbocycles. The summed E-state index contributed by atoms with van der Waals surface area (Å²) < 4.78 is 0. The molecule has 0 aliphatic rings. The smallest absolute Gasteiger partial charge is 0.0396 e. The van der Waals surface area contributed by atoms with E-state index in [1.165, 1.54) is 109 Å². The zero-order valence-corrected chi connectivity index (χ0v) is 21.9. The lowest BCUT2D eigenvalue weighted by molar-refractivity contribution is 0.583. The first-order chi connectivity index (χ1) is 13.8. The summed E-state index contributed by atoms with van der Waals surface area (Å²) in [5.41, 5.74) is 1.10. The monoisotopic (exact) mass is 410 g/mol. The van der Waals surface area contributed by atoms with E-state index in [-0.39, 0.29) is 0 Å². The van der Waals surface area contributed by atoms with Crippen LogP contribution in [-0.4, -0.2) is 8.80 Å². The Bertz CT molecular complexity index is 257. The lowest BCUT2D eigenvalue weighted by Gasteiger charge is -2.23. The summed E-state index contributed by atoms with van der Waals surface area (Å²) in [5.74, 6) is 0. The van der Waals surface area contributed by atoms with Gasteiger partial charge in [-0.25, -0.2) is 0 Å². The van der Waals surface area contributed by atoms with Crippen LogP contribution in [0.2, 0.25) is 17.6 Å². The van der Waals surface area contributed by atoms with Gasteiger partial charge in [-0.3, -0.25) is 0 Å². The van der Waals surface area contributed by atoms with Crippen LogP contribution in [0.4, 0.5) is 0 Å². The molecule has 0 spiro atoms. The molecule has 0 rings (SSSR count). The van der Waals surface area contributed by atoms with Crippen LogP contribution < -0.4 is 0 Å².